The normalized spacial score (nSPS) is 17.8. The zero-order valence-corrected chi connectivity index (χ0v) is 21.7. The second kappa shape index (κ2) is 10.9. The van der Waals surface area contributed by atoms with E-state index in [9.17, 15) is 23.5 Å². The van der Waals surface area contributed by atoms with Gasteiger partial charge in [0.2, 0.25) is 5.88 Å². The van der Waals surface area contributed by atoms with Gasteiger partial charge in [-0.3, -0.25) is 4.79 Å². The highest BCUT2D eigenvalue weighted by atomic mass is 35.5. The molecule has 0 saturated carbocycles. The summed E-state index contributed by atoms with van der Waals surface area (Å²) in [4.78, 5) is 30.1. The first-order chi connectivity index (χ1) is 17.9. The maximum Gasteiger partial charge on any atom is 0.410 e. The fourth-order valence-electron chi connectivity index (χ4n) is 4.20. The Morgan fingerprint density at radius 1 is 1.21 bits per heavy atom. The lowest BCUT2D eigenvalue weighted by atomic mass is 9.81. The van der Waals surface area contributed by atoms with Crippen molar-refractivity contribution >= 4 is 23.7 Å². The maximum absolute atomic E-state index is 14.1. The fourth-order valence-corrected chi connectivity index (χ4v) is 4.45. The number of aliphatic carboxylic acids is 1. The minimum absolute atomic E-state index is 0.0198. The molecular weight excluding hydrogens is 524 g/mol. The first-order valence-corrected chi connectivity index (χ1v) is 12.2. The SMILES string of the molecule is CC(C)(C)OC(=O)N1CC[C@H](c2ccc(OCc3cc(-c4c(F)ccc(F)c4Cl)no3)nc2)[C@@H](C(=O)O)C1. The van der Waals surface area contributed by atoms with Crippen LogP contribution < -0.4 is 4.74 Å². The minimum atomic E-state index is -1.01. The van der Waals surface area contributed by atoms with E-state index < -0.39 is 40.2 Å². The monoisotopic (exact) mass is 549 g/mol. The smallest absolute Gasteiger partial charge is 0.410 e. The number of carbonyl (C=O) groups is 2. The molecule has 3 heterocycles. The molecule has 3 aromatic rings. The van der Waals surface area contributed by atoms with E-state index in [1.165, 1.54) is 17.2 Å². The van der Waals surface area contributed by atoms with Crippen LogP contribution in [-0.4, -0.2) is 50.9 Å². The molecule has 0 unspecified atom stereocenters. The average molecular weight is 550 g/mol. The predicted octanol–water partition coefficient (Wildman–Crippen LogP) is 5.67. The number of hydrogen-bond acceptors (Lipinski definition) is 7. The summed E-state index contributed by atoms with van der Waals surface area (Å²) in [6, 6.07) is 6.56. The predicted molar refractivity (Wildman–Crippen MR) is 132 cm³/mol. The summed E-state index contributed by atoms with van der Waals surface area (Å²) in [6.07, 6.45) is 1.42. The van der Waals surface area contributed by atoms with Crippen LogP contribution >= 0.6 is 11.6 Å². The number of benzene rings is 1. The largest absolute Gasteiger partial charge is 0.481 e. The van der Waals surface area contributed by atoms with Gasteiger partial charge in [-0.1, -0.05) is 22.8 Å². The Bertz CT molecular complexity index is 1330. The lowest BCUT2D eigenvalue weighted by Crippen LogP contribution is -2.47. The van der Waals surface area contributed by atoms with Crippen molar-refractivity contribution in [1.82, 2.24) is 15.0 Å². The van der Waals surface area contributed by atoms with Crippen molar-refractivity contribution in [1.29, 1.82) is 0 Å². The topological polar surface area (TPSA) is 115 Å². The van der Waals surface area contributed by atoms with Crippen LogP contribution in [0.15, 0.2) is 41.1 Å². The van der Waals surface area contributed by atoms with Crippen LogP contribution in [0, 0.1) is 17.6 Å². The van der Waals surface area contributed by atoms with E-state index in [2.05, 4.69) is 10.1 Å². The summed E-state index contributed by atoms with van der Waals surface area (Å²) in [7, 11) is 0. The van der Waals surface area contributed by atoms with E-state index in [1.54, 1.807) is 32.9 Å². The summed E-state index contributed by atoms with van der Waals surface area (Å²) in [6.45, 7) is 5.54. The molecular formula is C26H26ClF2N3O6. The van der Waals surface area contributed by atoms with Crippen molar-refractivity contribution in [2.75, 3.05) is 13.1 Å². The van der Waals surface area contributed by atoms with E-state index in [-0.39, 0.29) is 42.0 Å². The quantitative estimate of drug-likeness (QED) is 0.391. The minimum Gasteiger partial charge on any atom is -0.481 e. The molecule has 1 aliphatic rings. The average Bonchev–Trinajstić information content (AvgIpc) is 3.32. The molecule has 0 radical (unpaired) electrons. The van der Waals surface area contributed by atoms with E-state index in [4.69, 9.17) is 25.6 Å². The van der Waals surface area contributed by atoms with Gasteiger partial charge in [-0.15, -0.1) is 0 Å². The van der Waals surface area contributed by atoms with E-state index in [0.29, 0.717) is 18.5 Å². The van der Waals surface area contributed by atoms with Gasteiger partial charge in [0.25, 0.3) is 0 Å². The Morgan fingerprint density at radius 3 is 2.61 bits per heavy atom. The second-order valence-corrected chi connectivity index (χ2v) is 10.3. The Morgan fingerprint density at radius 2 is 1.95 bits per heavy atom. The molecule has 38 heavy (non-hydrogen) atoms. The Hall–Kier alpha value is -3.73. The molecule has 1 aromatic carbocycles. The highest BCUT2D eigenvalue weighted by Crippen LogP contribution is 2.35. The summed E-state index contributed by atoms with van der Waals surface area (Å²) < 4.78 is 44.0. The fraction of sp³-hybridized carbons (Fsp3) is 0.385. The number of rotatable bonds is 6. The highest BCUT2D eigenvalue weighted by molar-refractivity contribution is 6.33. The molecule has 0 aliphatic carbocycles. The number of amides is 1. The van der Waals surface area contributed by atoms with Crippen LogP contribution in [-0.2, 0) is 16.1 Å². The number of hydrogen-bond donors (Lipinski definition) is 1. The van der Waals surface area contributed by atoms with Gasteiger partial charge in [-0.2, -0.15) is 0 Å². The molecule has 12 heteroatoms. The van der Waals surface area contributed by atoms with E-state index in [1.807, 2.05) is 0 Å². The van der Waals surface area contributed by atoms with Crippen LogP contribution in [0.1, 0.15) is 44.4 Å². The maximum atomic E-state index is 14.1. The van der Waals surface area contributed by atoms with Gasteiger partial charge in [0.05, 0.1) is 16.5 Å². The van der Waals surface area contributed by atoms with Crippen molar-refractivity contribution in [2.45, 2.75) is 45.3 Å². The van der Waals surface area contributed by atoms with Gasteiger partial charge in [-0.05, 0) is 44.9 Å². The first-order valence-electron chi connectivity index (χ1n) is 11.8. The number of likely N-dealkylation sites (tertiary alicyclic amines) is 1. The van der Waals surface area contributed by atoms with Crippen molar-refractivity contribution < 1.29 is 37.5 Å². The molecule has 1 amide bonds. The number of carboxylic acid groups (broad SMARTS) is 1. The third kappa shape index (κ3) is 6.21. The zero-order chi connectivity index (χ0) is 27.6. The molecule has 9 nitrogen and oxygen atoms in total. The molecule has 1 fully saturated rings. The third-order valence-corrected chi connectivity index (χ3v) is 6.36. The van der Waals surface area contributed by atoms with Gasteiger partial charge in [0.1, 0.15) is 22.9 Å². The van der Waals surface area contributed by atoms with Crippen LogP contribution in [0.25, 0.3) is 11.3 Å². The number of halogens is 3. The number of piperidine rings is 1. The molecule has 1 saturated heterocycles. The summed E-state index contributed by atoms with van der Waals surface area (Å²) in [5.41, 5.74) is -0.171. The Balaban J connectivity index is 1.39. The van der Waals surface area contributed by atoms with Crippen molar-refractivity contribution in [3.63, 3.8) is 0 Å². The van der Waals surface area contributed by atoms with Crippen molar-refractivity contribution in [3.8, 4) is 17.1 Å². The Labute approximate surface area is 222 Å². The molecule has 2 atom stereocenters. The number of carbonyl (C=O) groups excluding carboxylic acids is 1. The van der Waals surface area contributed by atoms with Crippen LogP contribution in [0.3, 0.4) is 0 Å². The van der Waals surface area contributed by atoms with Crippen molar-refractivity contribution in [3.05, 3.63) is 64.5 Å². The zero-order valence-electron chi connectivity index (χ0n) is 20.9. The number of carboxylic acids is 1. The summed E-state index contributed by atoms with van der Waals surface area (Å²) in [5, 5.41) is 13.1. The van der Waals surface area contributed by atoms with Crippen molar-refractivity contribution in [2.24, 2.45) is 5.92 Å². The molecule has 1 N–H and O–H groups in total. The molecule has 1 aliphatic heterocycles. The van der Waals surface area contributed by atoms with Crippen LogP contribution in [0.5, 0.6) is 5.88 Å². The van der Waals surface area contributed by atoms with Gasteiger partial charge in [-0.25, -0.2) is 18.6 Å². The summed E-state index contributed by atoms with van der Waals surface area (Å²) in [5.74, 6) is -3.26. The summed E-state index contributed by atoms with van der Waals surface area (Å²) >= 11 is 5.87. The molecule has 0 bridgehead atoms. The molecule has 0 spiro atoms. The highest BCUT2D eigenvalue weighted by Gasteiger charge is 2.38. The van der Waals surface area contributed by atoms with Gasteiger partial charge >= 0.3 is 12.1 Å². The van der Waals surface area contributed by atoms with Gasteiger partial charge in [0.15, 0.2) is 12.4 Å². The number of pyridine rings is 1. The lowest BCUT2D eigenvalue weighted by molar-refractivity contribution is -0.144. The number of nitrogens with zero attached hydrogens (tertiary/aromatic N) is 3. The van der Waals surface area contributed by atoms with E-state index >= 15 is 0 Å². The standard InChI is InChI=1S/C26H26ClF2N3O6/c1-26(2,3)37-25(35)32-9-8-16(17(12-32)24(33)34)14-4-7-21(30-11-14)36-13-15-10-20(31-38-15)22-18(28)5-6-19(29)23(22)27/h4-7,10-11,16-17H,8-9,12-13H2,1-3H3,(H,33,34)/t16-,17+/m1/s1. The van der Waals surface area contributed by atoms with Gasteiger partial charge in [0, 0.05) is 37.3 Å². The molecule has 202 valence electrons. The third-order valence-electron chi connectivity index (χ3n) is 5.99. The number of ether oxygens (including phenoxy) is 2. The molecule has 4 rings (SSSR count). The first kappa shape index (κ1) is 27.3. The number of aromatic nitrogens is 2. The van der Waals surface area contributed by atoms with Gasteiger partial charge < -0.3 is 24.0 Å². The van der Waals surface area contributed by atoms with E-state index in [0.717, 1.165) is 12.1 Å². The molecule has 2 aromatic heterocycles. The van der Waals surface area contributed by atoms with Crippen LogP contribution in [0.2, 0.25) is 5.02 Å². The lowest BCUT2D eigenvalue weighted by Gasteiger charge is -2.37. The second-order valence-electron chi connectivity index (χ2n) is 9.88. The Kier molecular flexibility index (Phi) is 7.86. The van der Waals surface area contributed by atoms with Crippen LogP contribution in [0.4, 0.5) is 13.6 Å².